The Hall–Kier alpha value is -3.35. The lowest BCUT2D eigenvalue weighted by Gasteiger charge is -2.23. The number of nitrogens with one attached hydrogen (secondary N) is 1. The number of likely N-dealkylation sites (tertiary alicyclic amines) is 1. The minimum Gasteiger partial charge on any atom is -0.481 e. The van der Waals surface area contributed by atoms with E-state index in [4.69, 9.17) is 4.74 Å². The van der Waals surface area contributed by atoms with Crippen LogP contribution in [0.5, 0.6) is 0 Å². The predicted octanol–water partition coefficient (Wildman–Crippen LogP) is 4.65. The van der Waals surface area contributed by atoms with Crippen LogP contribution in [0.2, 0.25) is 0 Å². The second-order valence-electron chi connectivity index (χ2n) is 9.73. The summed E-state index contributed by atoms with van der Waals surface area (Å²) >= 11 is 0. The summed E-state index contributed by atoms with van der Waals surface area (Å²) in [7, 11) is 0. The number of benzene rings is 2. The molecule has 7 nitrogen and oxygen atoms in total. The van der Waals surface area contributed by atoms with Gasteiger partial charge in [-0.2, -0.15) is 0 Å². The van der Waals surface area contributed by atoms with Crippen LogP contribution in [0.1, 0.15) is 56.6 Å². The first-order valence-corrected chi connectivity index (χ1v) is 12.5. The average Bonchev–Trinajstić information content (AvgIpc) is 3.39. The average molecular weight is 479 g/mol. The van der Waals surface area contributed by atoms with Gasteiger partial charge in [-0.1, -0.05) is 75.2 Å². The van der Waals surface area contributed by atoms with Crippen LogP contribution < -0.4 is 5.32 Å². The predicted molar refractivity (Wildman–Crippen MR) is 133 cm³/mol. The molecule has 3 atom stereocenters. The Morgan fingerprint density at radius 1 is 1.06 bits per heavy atom. The van der Waals surface area contributed by atoms with Crippen LogP contribution in [0.15, 0.2) is 48.5 Å². The molecule has 2 aromatic carbocycles. The molecule has 2 N–H and O–H groups in total. The Balaban J connectivity index is 1.36. The van der Waals surface area contributed by atoms with Crippen LogP contribution in [0.25, 0.3) is 11.1 Å². The molecule has 1 heterocycles. The molecular weight excluding hydrogens is 444 g/mol. The molecule has 7 heteroatoms. The van der Waals surface area contributed by atoms with Gasteiger partial charge in [0.1, 0.15) is 6.61 Å². The summed E-state index contributed by atoms with van der Waals surface area (Å²) in [5, 5.41) is 12.3. The summed E-state index contributed by atoms with van der Waals surface area (Å²) < 4.78 is 5.67. The molecule has 0 radical (unpaired) electrons. The summed E-state index contributed by atoms with van der Waals surface area (Å²) in [5.74, 6) is -1.64. The Labute approximate surface area is 206 Å². The SMILES string of the molecule is CCCC[C@H](CC(=O)N1C[C@@H](C)[C@H](C(=O)O)C1)NC(=O)OCC1c2ccccc2-c2ccccc21. The molecule has 2 aromatic rings. The zero-order valence-electron chi connectivity index (χ0n) is 20.4. The van der Waals surface area contributed by atoms with E-state index in [1.807, 2.05) is 31.2 Å². The highest BCUT2D eigenvalue weighted by Gasteiger charge is 2.37. The standard InChI is InChI=1S/C28H34N2O5/c1-3-4-9-19(14-26(31)30-15-18(2)24(16-30)27(32)33)29-28(34)35-17-25-22-12-7-5-10-20(22)21-11-6-8-13-23(21)25/h5-8,10-13,18-19,24-25H,3-4,9,14-17H2,1-2H3,(H,29,34)(H,32,33)/t18-,19-,24-/m1/s1. The maximum atomic E-state index is 12.9. The number of carboxylic acids is 1. The van der Waals surface area contributed by atoms with Crippen LogP contribution in [0.4, 0.5) is 4.79 Å². The number of alkyl carbamates (subject to hydrolysis) is 1. The summed E-state index contributed by atoms with van der Waals surface area (Å²) in [6.07, 6.45) is 2.09. The van der Waals surface area contributed by atoms with Crippen LogP contribution in [-0.4, -0.2) is 53.7 Å². The molecule has 1 aliphatic carbocycles. The molecule has 2 aliphatic rings. The molecule has 0 unspecified atom stereocenters. The van der Waals surface area contributed by atoms with E-state index >= 15 is 0 Å². The minimum atomic E-state index is -0.868. The van der Waals surface area contributed by atoms with Gasteiger partial charge in [-0.15, -0.1) is 0 Å². The van der Waals surface area contributed by atoms with Crippen molar-refractivity contribution in [2.75, 3.05) is 19.7 Å². The smallest absolute Gasteiger partial charge is 0.407 e. The van der Waals surface area contributed by atoms with Crippen molar-refractivity contribution in [2.24, 2.45) is 11.8 Å². The summed E-state index contributed by atoms with van der Waals surface area (Å²) in [4.78, 5) is 38.7. The molecule has 186 valence electrons. The third kappa shape index (κ3) is 5.50. The number of hydrogen-bond acceptors (Lipinski definition) is 4. The fourth-order valence-corrected chi connectivity index (χ4v) is 5.31. The van der Waals surface area contributed by atoms with Crippen LogP contribution in [0, 0.1) is 11.8 Å². The Kier molecular flexibility index (Phi) is 7.73. The number of ether oxygens (including phenoxy) is 1. The van der Waals surface area contributed by atoms with Crippen molar-refractivity contribution in [3.63, 3.8) is 0 Å². The first-order valence-electron chi connectivity index (χ1n) is 12.5. The van der Waals surface area contributed by atoms with Gasteiger partial charge in [-0.05, 0) is 34.6 Å². The molecule has 1 saturated heterocycles. The Morgan fingerprint density at radius 3 is 2.26 bits per heavy atom. The van der Waals surface area contributed by atoms with Crippen molar-refractivity contribution < 1.29 is 24.2 Å². The third-order valence-corrected chi connectivity index (χ3v) is 7.28. The number of unbranched alkanes of at least 4 members (excludes halogenated alkanes) is 1. The lowest BCUT2D eigenvalue weighted by Crippen LogP contribution is -2.41. The second kappa shape index (κ2) is 10.9. The molecule has 0 bridgehead atoms. The topological polar surface area (TPSA) is 95.9 Å². The van der Waals surface area contributed by atoms with Gasteiger partial charge in [0.15, 0.2) is 0 Å². The van der Waals surface area contributed by atoms with E-state index in [9.17, 15) is 19.5 Å². The normalized spacial score (nSPS) is 19.7. The quantitative estimate of drug-likeness (QED) is 0.547. The lowest BCUT2D eigenvalue weighted by molar-refractivity contribution is -0.142. The van der Waals surface area contributed by atoms with Crippen molar-refractivity contribution in [2.45, 2.75) is 51.5 Å². The monoisotopic (exact) mass is 478 g/mol. The fourth-order valence-electron chi connectivity index (χ4n) is 5.31. The molecule has 1 aliphatic heterocycles. The number of nitrogens with zero attached hydrogens (tertiary/aromatic N) is 1. The molecule has 4 rings (SSSR count). The van der Waals surface area contributed by atoms with Gasteiger partial charge >= 0.3 is 12.1 Å². The summed E-state index contributed by atoms with van der Waals surface area (Å²) in [6, 6.07) is 16.0. The Bertz CT molecular complexity index is 1040. The summed E-state index contributed by atoms with van der Waals surface area (Å²) in [5.41, 5.74) is 4.64. The van der Waals surface area contributed by atoms with Crippen molar-refractivity contribution in [3.8, 4) is 11.1 Å². The highest BCUT2D eigenvalue weighted by molar-refractivity contribution is 5.81. The van der Waals surface area contributed by atoms with Gasteiger partial charge < -0.3 is 20.1 Å². The number of aliphatic carboxylic acids is 1. The Morgan fingerprint density at radius 2 is 1.69 bits per heavy atom. The maximum absolute atomic E-state index is 12.9. The number of rotatable bonds is 9. The van der Waals surface area contributed by atoms with Crippen LogP contribution in [-0.2, 0) is 14.3 Å². The number of fused-ring (bicyclic) bond motifs is 3. The van der Waals surface area contributed by atoms with Gasteiger partial charge in [-0.25, -0.2) is 4.79 Å². The van der Waals surface area contributed by atoms with Crippen molar-refractivity contribution >= 4 is 18.0 Å². The summed E-state index contributed by atoms with van der Waals surface area (Å²) in [6.45, 7) is 4.79. The van der Waals surface area contributed by atoms with Gasteiger partial charge in [0.25, 0.3) is 0 Å². The van der Waals surface area contributed by atoms with E-state index < -0.39 is 18.0 Å². The first-order chi connectivity index (χ1) is 16.9. The van der Waals surface area contributed by atoms with Crippen molar-refractivity contribution in [3.05, 3.63) is 59.7 Å². The van der Waals surface area contributed by atoms with E-state index in [-0.39, 0.29) is 43.4 Å². The van der Waals surface area contributed by atoms with E-state index in [1.165, 1.54) is 11.1 Å². The van der Waals surface area contributed by atoms with E-state index in [0.29, 0.717) is 13.0 Å². The first kappa shape index (κ1) is 24.8. The molecule has 0 saturated carbocycles. The largest absolute Gasteiger partial charge is 0.481 e. The molecule has 2 amide bonds. The molecule has 35 heavy (non-hydrogen) atoms. The van der Waals surface area contributed by atoms with Crippen LogP contribution >= 0.6 is 0 Å². The number of amides is 2. The zero-order chi connectivity index (χ0) is 24.9. The highest BCUT2D eigenvalue weighted by atomic mass is 16.5. The minimum absolute atomic E-state index is 0.0251. The molecular formula is C28H34N2O5. The number of carboxylic acid groups (broad SMARTS) is 1. The maximum Gasteiger partial charge on any atom is 0.407 e. The highest BCUT2D eigenvalue weighted by Crippen LogP contribution is 2.44. The second-order valence-corrected chi connectivity index (χ2v) is 9.73. The molecule has 0 spiro atoms. The van der Waals surface area contributed by atoms with Crippen LogP contribution in [0.3, 0.4) is 0 Å². The third-order valence-electron chi connectivity index (χ3n) is 7.28. The fraction of sp³-hybridized carbons (Fsp3) is 0.464. The number of hydrogen-bond donors (Lipinski definition) is 2. The van der Waals surface area contributed by atoms with E-state index in [0.717, 1.165) is 24.0 Å². The van der Waals surface area contributed by atoms with Gasteiger partial charge in [0.2, 0.25) is 5.91 Å². The number of carbonyl (C=O) groups is 3. The lowest BCUT2D eigenvalue weighted by atomic mass is 9.98. The van der Waals surface area contributed by atoms with Gasteiger partial charge in [0, 0.05) is 31.5 Å². The van der Waals surface area contributed by atoms with Gasteiger partial charge in [-0.3, -0.25) is 9.59 Å². The molecule has 1 fully saturated rings. The van der Waals surface area contributed by atoms with Gasteiger partial charge in [0.05, 0.1) is 5.92 Å². The van der Waals surface area contributed by atoms with Crippen molar-refractivity contribution in [1.82, 2.24) is 10.2 Å². The van der Waals surface area contributed by atoms with E-state index in [2.05, 4.69) is 36.5 Å². The van der Waals surface area contributed by atoms with Crippen molar-refractivity contribution in [1.29, 1.82) is 0 Å². The number of carbonyl (C=O) groups excluding carboxylic acids is 2. The zero-order valence-corrected chi connectivity index (χ0v) is 20.4. The molecule has 0 aromatic heterocycles. The van der Waals surface area contributed by atoms with E-state index in [1.54, 1.807) is 4.90 Å².